The number of hydrogen-bond acceptors (Lipinski definition) is 9. The lowest BCUT2D eigenvalue weighted by atomic mass is 10.4. The Kier molecular flexibility index (Phi) is 5.82. The number of aromatic amines is 1. The number of ether oxygens (including phenoxy) is 1. The lowest BCUT2D eigenvalue weighted by Crippen LogP contribution is -2.15. The molecular weight excluding hydrogens is 342 g/mol. The highest BCUT2D eigenvalue weighted by Gasteiger charge is 2.17. The highest BCUT2D eigenvalue weighted by atomic mass is 32.2. The molecule has 0 atom stereocenters. The zero-order valence-electron chi connectivity index (χ0n) is 12.3. The fraction of sp³-hybridized carbons (Fsp3) is 0.333. The molecule has 2 rings (SSSR count). The smallest absolute Gasteiger partial charge is 0.350 e. The topological polar surface area (TPSA) is 127 Å². The number of hydrogen-bond donors (Lipinski definition) is 2. The van der Waals surface area contributed by atoms with Gasteiger partial charge in [-0.05, 0) is 13.8 Å². The van der Waals surface area contributed by atoms with Crippen LogP contribution in [0.3, 0.4) is 0 Å². The number of aryl methyl sites for hydroxylation is 1. The molecule has 2 aromatic rings. The van der Waals surface area contributed by atoms with Crippen LogP contribution in [0.1, 0.15) is 22.3 Å². The minimum atomic E-state index is -0.463. The molecule has 0 aliphatic carbocycles. The SMILES string of the molecule is CCOC(=O)c1sc(NC(=O)CSc2nncc(=O)[nH]2)nc1C. The van der Waals surface area contributed by atoms with Crippen molar-refractivity contribution in [1.82, 2.24) is 20.2 Å². The molecule has 0 aromatic carbocycles. The van der Waals surface area contributed by atoms with Crippen molar-refractivity contribution in [3.05, 3.63) is 27.1 Å². The lowest BCUT2D eigenvalue weighted by molar-refractivity contribution is -0.113. The summed E-state index contributed by atoms with van der Waals surface area (Å²) in [4.78, 5) is 41.5. The van der Waals surface area contributed by atoms with Crippen LogP contribution in [0.25, 0.3) is 0 Å². The molecule has 0 aliphatic heterocycles. The number of carbonyl (C=O) groups excluding carboxylic acids is 2. The van der Waals surface area contributed by atoms with E-state index in [4.69, 9.17) is 4.74 Å². The number of nitrogens with zero attached hydrogens (tertiary/aromatic N) is 3. The van der Waals surface area contributed by atoms with E-state index < -0.39 is 11.5 Å². The van der Waals surface area contributed by atoms with E-state index >= 15 is 0 Å². The van der Waals surface area contributed by atoms with Crippen LogP contribution in [0, 0.1) is 6.92 Å². The Bertz CT molecular complexity index is 773. The molecule has 2 aromatic heterocycles. The van der Waals surface area contributed by atoms with Gasteiger partial charge in [0, 0.05) is 0 Å². The number of nitrogens with one attached hydrogen (secondary N) is 2. The zero-order valence-corrected chi connectivity index (χ0v) is 13.9. The van der Waals surface area contributed by atoms with Gasteiger partial charge < -0.3 is 10.1 Å². The van der Waals surface area contributed by atoms with E-state index in [9.17, 15) is 14.4 Å². The van der Waals surface area contributed by atoms with Crippen LogP contribution in [0.2, 0.25) is 0 Å². The zero-order chi connectivity index (χ0) is 16.8. The molecule has 2 N–H and O–H groups in total. The molecule has 0 aliphatic rings. The van der Waals surface area contributed by atoms with Gasteiger partial charge in [-0.1, -0.05) is 23.1 Å². The maximum atomic E-state index is 11.9. The second-order valence-corrected chi connectivity index (χ2v) is 6.09. The molecular formula is C12H13N5O4S2. The lowest BCUT2D eigenvalue weighted by Gasteiger charge is -2.00. The quantitative estimate of drug-likeness (QED) is 0.576. The highest BCUT2D eigenvalue weighted by molar-refractivity contribution is 7.99. The Morgan fingerprint density at radius 3 is 2.96 bits per heavy atom. The van der Waals surface area contributed by atoms with Crippen molar-refractivity contribution in [2.45, 2.75) is 19.0 Å². The van der Waals surface area contributed by atoms with E-state index in [0.717, 1.165) is 29.3 Å². The molecule has 1 amide bonds. The maximum Gasteiger partial charge on any atom is 0.350 e. The average molecular weight is 355 g/mol. The minimum absolute atomic E-state index is 0.0159. The molecule has 0 saturated heterocycles. The monoisotopic (exact) mass is 355 g/mol. The van der Waals surface area contributed by atoms with Crippen molar-refractivity contribution in [2.75, 3.05) is 17.7 Å². The molecule has 11 heteroatoms. The second kappa shape index (κ2) is 7.83. The molecule has 2 heterocycles. The summed E-state index contributed by atoms with van der Waals surface area (Å²) in [5.41, 5.74) is 0.104. The number of thioether (sulfide) groups is 1. The largest absolute Gasteiger partial charge is 0.462 e. The van der Waals surface area contributed by atoms with E-state index in [1.165, 1.54) is 0 Å². The maximum absolute atomic E-state index is 11.9. The Morgan fingerprint density at radius 2 is 2.26 bits per heavy atom. The molecule has 0 bridgehead atoms. The molecule has 0 spiro atoms. The van der Waals surface area contributed by atoms with Gasteiger partial charge in [0.2, 0.25) is 5.91 Å². The summed E-state index contributed by atoms with van der Waals surface area (Å²) in [5.74, 6) is -0.790. The van der Waals surface area contributed by atoms with Crippen LogP contribution in [0.15, 0.2) is 16.1 Å². The van der Waals surface area contributed by atoms with Gasteiger partial charge in [-0.25, -0.2) is 9.78 Å². The summed E-state index contributed by atoms with van der Waals surface area (Å²) in [6.07, 6.45) is 1.04. The Balaban J connectivity index is 1.94. The highest BCUT2D eigenvalue weighted by Crippen LogP contribution is 2.23. The van der Waals surface area contributed by atoms with E-state index in [-0.39, 0.29) is 23.4 Å². The molecule has 9 nitrogen and oxygen atoms in total. The van der Waals surface area contributed by atoms with Gasteiger partial charge in [-0.2, -0.15) is 5.10 Å². The number of aromatic nitrogens is 4. The summed E-state index contributed by atoms with van der Waals surface area (Å²) in [7, 11) is 0. The number of rotatable bonds is 6. The van der Waals surface area contributed by atoms with Crippen LogP contribution in [0.5, 0.6) is 0 Å². The summed E-state index contributed by atoms with van der Waals surface area (Å²) in [6, 6.07) is 0. The van der Waals surface area contributed by atoms with Gasteiger partial charge >= 0.3 is 5.97 Å². The van der Waals surface area contributed by atoms with Gasteiger partial charge in [0.25, 0.3) is 5.56 Å². The first kappa shape index (κ1) is 17.1. The van der Waals surface area contributed by atoms with Crippen LogP contribution in [-0.4, -0.2) is 44.4 Å². The van der Waals surface area contributed by atoms with Gasteiger partial charge in [-0.15, -0.1) is 5.10 Å². The predicted octanol–water partition coefficient (Wildman–Crippen LogP) is 0.837. The van der Waals surface area contributed by atoms with Gasteiger partial charge in [0.1, 0.15) is 11.1 Å². The van der Waals surface area contributed by atoms with Crippen LogP contribution in [-0.2, 0) is 9.53 Å². The first-order valence-electron chi connectivity index (χ1n) is 6.48. The molecule has 0 radical (unpaired) electrons. The fourth-order valence-corrected chi connectivity index (χ4v) is 2.98. The summed E-state index contributed by atoms with van der Waals surface area (Å²) < 4.78 is 4.91. The summed E-state index contributed by atoms with van der Waals surface area (Å²) >= 11 is 2.08. The third-order valence-corrected chi connectivity index (χ3v) is 4.31. The van der Waals surface area contributed by atoms with E-state index in [1.54, 1.807) is 13.8 Å². The van der Waals surface area contributed by atoms with Crippen molar-refractivity contribution < 1.29 is 14.3 Å². The van der Waals surface area contributed by atoms with Crippen molar-refractivity contribution in [3.63, 3.8) is 0 Å². The van der Waals surface area contributed by atoms with Gasteiger partial charge in [0.15, 0.2) is 10.3 Å². The van der Waals surface area contributed by atoms with Gasteiger partial charge in [0.05, 0.1) is 18.1 Å². The van der Waals surface area contributed by atoms with Crippen LogP contribution in [0.4, 0.5) is 5.13 Å². The number of anilines is 1. The van der Waals surface area contributed by atoms with Crippen LogP contribution >= 0.6 is 23.1 Å². The number of carbonyl (C=O) groups is 2. The summed E-state index contributed by atoms with van der Waals surface area (Å²) in [5, 5.41) is 10.3. The Morgan fingerprint density at radius 1 is 1.48 bits per heavy atom. The molecule has 0 saturated carbocycles. The molecule has 0 fully saturated rings. The normalized spacial score (nSPS) is 10.3. The molecule has 122 valence electrons. The standard InChI is InChI=1S/C12H13N5O4S2/c1-3-21-10(20)9-6(2)14-11(23-9)16-8(19)5-22-12-15-7(18)4-13-17-12/h4H,3,5H2,1-2H3,(H,14,16,19)(H,15,17,18). The van der Waals surface area contributed by atoms with Crippen LogP contribution < -0.4 is 10.9 Å². The molecule has 0 unspecified atom stereocenters. The number of amides is 1. The third kappa shape index (κ3) is 4.86. The number of H-pyrrole nitrogens is 1. The van der Waals surface area contributed by atoms with Crippen molar-refractivity contribution >= 4 is 40.1 Å². The van der Waals surface area contributed by atoms with E-state index in [0.29, 0.717) is 15.7 Å². The van der Waals surface area contributed by atoms with Crippen molar-refractivity contribution in [1.29, 1.82) is 0 Å². The predicted molar refractivity (Wildman–Crippen MR) is 84.8 cm³/mol. The minimum Gasteiger partial charge on any atom is -0.462 e. The average Bonchev–Trinajstić information content (AvgIpc) is 2.86. The third-order valence-electron chi connectivity index (χ3n) is 2.40. The first-order valence-corrected chi connectivity index (χ1v) is 8.29. The number of esters is 1. The van der Waals surface area contributed by atoms with E-state index in [1.807, 2.05) is 0 Å². The molecule has 23 heavy (non-hydrogen) atoms. The Labute approximate surface area is 138 Å². The van der Waals surface area contributed by atoms with E-state index in [2.05, 4.69) is 25.5 Å². The van der Waals surface area contributed by atoms with Crippen molar-refractivity contribution in [3.8, 4) is 0 Å². The Hall–Kier alpha value is -2.27. The fourth-order valence-electron chi connectivity index (χ4n) is 1.49. The summed E-state index contributed by atoms with van der Waals surface area (Å²) in [6.45, 7) is 3.65. The number of thiazole rings is 1. The first-order chi connectivity index (χ1) is 11.0. The van der Waals surface area contributed by atoms with Gasteiger partial charge in [-0.3, -0.25) is 14.6 Å². The second-order valence-electron chi connectivity index (χ2n) is 4.13. The van der Waals surface area contributed by atoms with Crippen molar-refractivity contribution in [2.24, 2.45) is 0 Å².